The van der Waals surface area contributed by atoms with Crippen LogP contribution in [0.1, 0.15) is 28.5 Å². The number of hydrogen-bond donors (Lipinski definition) is 0. The molecule has 1 atom stereocenters. The molecule has 0 aromatic carbocycles. The van der Waals surface area contributed by atoms with E-state index in [2.05, 4.69) is 4.98 Å². The molecule has 2 rings (SSSR count). The fourth-order valence-corrected chi connectivity index (χ4v) is 2.45. The summed E-state index contributed by atoms with van der Waals surface area (Å²) < 4.78 is 1.74. The first-order valence-electron chi connectivity index (χ1n) is 5.39. The monoisotopic (exact) mass is 249 g/mol. The fraction of sp³-hybridized carbons (Fsp3) is 0.333. The van der Waals surface area contributed by atoms with Crippen LogP contribution in [0, 0.1) is 0 Å². The molecule has 0 spiro atoms. The Bertz CT molecular complexity index is 504. The number of thiophene rings is 1. The lowest BCUT2D eigenvalue weighted by Gasteiger charge is -2.23. The molecule has 0 aliphatic rings. The van der Waals surface area contributed by atoms with Gasteiger partial charge in [0.2, 0.25) is 0 Å². The molecule has 0 radical (unpaired) electrons. The molecule has 1 amide bonds. The summed E-state index contributed by atoms with van der Waals surface area (Å²) in [5.41, 5.74) is 0. The highest BCUT2D eigenvalue weighted by Gasteiger charge is 2.22. The molecule has 0 bridgehead atoms. The van der Waals surface area contributed by atoms with E-state index in [0.29, 0.717) is 5.82 Å². The number of aryl methyl sites for hydroxylation is 1. The normalized spacial score (nSPS) is 12.4. The van der Waals surface area contributed by atoms with E-state index in [4.69, 9.17) is 0 Å². The first kappa shape index (κ1) is 11.9. The first-order chi connectivity index (χ1) is 8.11. The molecule has 17 heavy (non-hydrogen) atoms. The van der Waals surface area contributed by atoms with Crippen LogP contribution in [0.4, 0.5) is 0 Å². The second kappa shape index (κ2) is 4.71. The van der Waals surface area contributed by atoms with E-state index in [-0.39, 0.29) is 11.9 Å². The van der Waals surface area contributed by atoms with E-state index in [0.717, 1.165) is 0 Å². The number of carbonyl (C=O) groups is 1. The van der Waals surface area contributed by atoms with Gasteiger partial charge in [0.05, 0.1) is 6.04 Å². The highest BCUT2D eigenvalue weighted by Crippen LogP contribution is 2.24. The lowest BCUT2D eigenvalue weighted by atomic mass is 10.2. The molecule has 5 heteroatoms. The minimum atomic E-state index is -0.0570. The van der Waals surface area contributed by atoms with Crippen molar-refractivity contribution < 1.29 is 4.79 Å². The molecular formula is C12H15N3OS. The maximum atomic E-state index is 12.2. The van der Waals surface area contributed by atoms with Crippen LogP contribution < -0.4 is 0 Å². The smallest absolute Gasteiger partial charge is 0.290 e. The average Bonchev–Trinajstić information content (AvgIpc) is 2.96. The Morgan fingerprint density at radius 2 is 2.35 bits per heavy atom. The summed E-state index contributed by atoms with van der Waals surface area (Å²) in [6.07, 6.45) is 3.41. The molecule has 0 N–H and O–H groups in total. The maximum absolute atomic E-state index is 12.2. The molecule has 0 saturated heterocycles. The lowest BCUT2D eigenvalue weighted by Crippen LogP contribution is -2.31. The molecular weight excluding hydrogens is 234 g/mol. The van der Waals surface area contributed by atoms with Gasteiger partial charge in [0.25, 0.3) is 5.91 Å². The van der Waals surface area contributed by atoms with Gasteiger partial charge in [0.1, 0.15) is 0 Å². The van der Waals surface area contributed by atoms with Crippen LogP contribution in [0.5, 0.6) is 0 Å². The molecule has 90 valence electrons. The van der Waals surface area contributed by atoms with Crippen molar-refractivity contribution in [3.05, 3.63) is 40.6 Å². The van der Waals surface area contributed by atoms with E-state index in [1.54, 1.807) is 40.2 Å². The van der Waals surface area contributed by atoms with Crippen molar-refractivity contribution >= 4 is 17.2 Å². The maximum Gasteiger partial charge on any atom is 0.290 e. The number of nitrogens with zero attached hydrogens (tertiary/aromatic N) is 3. The number of carbonyl (C=O) groups excluding carboxylic acids is 1. The van der Waals surface area contributed by atoms with Gasteiger partial charge >= 0.3 is 0 Å². The van der Waals surface area contributed by atoms with E-state index in [1.165, 1.54) is 4.88 Å². The molecule has 2 heterocycles. The van der Waals surface area contributed by atoms with Crippen molar-refractivity contribution in [2.24, 2.45) is 7.05 Å². The van der Waals surface area contributed by atoms with Crippen LogP contribution in [0.25, 0.3) is 0 Å². The highest BCUT2D eigenvalue weighted by molar-refractivity contribution is 7.10. The van der Waals surface area contributed by atoms with E-state index in [9.17, 15) is 4.79 Å². The van der Waals surface area contributed by atoms with Gasteiger partial charge in [-0.15, -0.1) is 11.3 Å². The van der Waals surface area contributed by atoms with Crippen LogP contribution in [0.3, 0.4) is 0 Å². The first-order valence-corrected chi connectivity index (χ1v) is 6.27. The number of rotatable bonds is 3. The molecule has 2 aromatic rings. The summed E-state index contributed by atoms with van der Waals surface area (Å²) in [7, 11) is 3.63. The standard InChI is InChI=1S/C12H15N3OS/c1-9(10-5-4-8-17-10)15(3)12(16)11-13-6-7-14(11)2/h4-9H,1-3H3. The minimum Gasteiger partial charge on any atom is -0.331 e. The van der Waals surface area contributed by atoms with Gasteiger partial charge in [0.15, 0.2) is 5.82 Å². The van der Waals surface area contributed by atoms with E-state index in [1.807, 2.05) is 31.5 Å². The Balaban J connectivity index is 2.18. The van der Waals surface area contributed by atoms with Gasteiger partial charge in [-0.1, -0.05) is 6.07 Å². The van der Waals surface area contributed by atoms with Crippen molar-refractivity contribution in [3.63, 3.8) is 0 Å². The molecule has 4 nitrogen and oxygen atoms in total. The van der Waals surface area contributed by atoms with Gasteiger partial charge in [-0.05, 0) is 18.4 Å². The number of amides is 1. The number of aromatic nitrogens is 2. The predicted octanol–water partition coefficient (Wildman–Crippen LogP) is 2.31. The largest absolute Gasteiger partial charge is 0.331 e. The van der Waals surface area contributed by atoms with Crippen molar-refractivity contribution in [2.45, 2.75) is 13.0 Å². The summed E-state index contributed by atoms with van der Waals surface area (Å²) in [5.74, 6) is 0.411. The Morgan fingerprint density at radius 1 is 1.59 bits per heavy atom. The molecule has 1 unspecified atom stereocenters. The quantitative estimate of drug-likeness (QED) is 0.837. The van der Waals surface area contributed by atoms with Gasteiger partial charge in [-0.2, -0.15) is 0 Å². The Hall–Kier alpha value is -1.62. The van der Waals surface area contributed by atoms with E-state index >= 15 is 0 Å². The summed E-state index contributed by atoms with van der Waals surface area (Å²) in [5, 5.41) is 2.02. The van der Waals surface area contributed by atoms with E-state index < -0.39 is 0 Å². The Labute approximate surface area is 105 Å². The second-order valence-electron chi connectivity index (χ2n) is 3.97. The number of hydrogen-bond acceptors (Lipinski definition) is 3. The molecule has 0 fully saturated rings. The zero-order chi connectivity index (χ0) is 12.4. The van der Waals surface area contributed by atoms with Crippen LogP contribution in [-0.2, 0) is 7.05 Å². The molecule has 2 aromatic heterocycles. The third-order valence-electron chi connectivity index (χ3n) is 2.87. The zero-order valence-electron chi connectivity index (χ0n) is 10.1. The summed E-state index contributed by atoms with van der Waals surface area (Å²) >= 11 is 1.66. The lowest BCUT2D eigenvalue weighted by molar-refractivity contribution is 0.0729. The van der Waals surface area contributed by atoms with Crippen LogP contribution in [-0.4, -0.2) is 27.4 Å². The van der Waals surface area contributed by atoms with Gasteiger partial charge < -0.3 is 9.47 Å². The third kappa shape index (κ3) is 2.24. The second-order valence-corrected chi connectivity index (χ2v) is 4.95. The minimum absolute atomic E-state index is 0.0570. The SMILES string of the molecule is CC(c1cccs1)N(C)C(=O)c1nccn1C. The summed E-state index contributed by atoms with van der Waals surface area (Å²) in [6.45, 7) is 2.02. The van der Waals surface area contributed by atoms with Crippen molar-refractivity contribution in [1.82, 2.24) is 14.5 Å². The zero-order valence-corrected chi connectivity index (χ0v) is 10.9. The summed E-state index contributed by atoms with van der Waals surface area (Å²) in [4.78, 5) is 19.2. The molecule has 0 saturated carbocycles. The summed E-state index contributed by atoms with van der Waals surface area (Å²) in [6, 6.07) is 4.10. The van der Waals surface area contributed by atoms with Crippen LogP contribution in [0.2, 0.25) is 0 Å². The fourth-order valence-electron chi connectivity index (χ4n) is 1.63. The van der Waals surface area contributed by atoms with Gasteiger partial charge in [-0.3, -0.25) is 4.79 Å². The topological polar surface area (TPSA) is 38.1 Å². The van der Waals surface area contributed by atoms with Crippen LogP contribution >= 0.6 is 11.3 Å². The Morgan fingerprint density at radius 3 is 2.88 bits per heavy atom. The average molecular weight is 249 g/mol. The van der Waals surface area contributed by atoms with Crippen molar-refractivity contribution in [2.75, 3.05) is 7.05 Å². The van der Waals surface area contributed by atoms with Gasteiger partial charge in [-0.25, -0.2) is 4.98 Å². The van der Waals surface area contributed by atoms with Crippen molar-refractivity contribution in [3.8, 4) is 0 Å². The molecule has 0 aliphatic carbocycles. The van der Waals surface area contributed by atoms with Crippen molar-refractivity contribution in [1.29, 1.82) is 0 Å². The van der Waals surface area contributed by atoms with Gasteiger partial charge in [0, 0.05) is 31.4 Å². The number of imidazole rings is 1. The Kier molecular flexibility index (Phi) is 3.28. The molecule has 0 aliphatic heterocycles. The highest BCUT2D eigenvalue weighted by atomic mass is 32.1. The third-order valence-corrected chi connectivity index (χ3v) is 3.91. The van der Waals surface area contributed by atoms with Crippen LogP contribution in [0.15, 0.2) is 29.9 Å². The predicted molar refractivity (Wildman–Crippen MR) is 68.0 cm³/mol.